The number of primary amides is 1. The fraction of sp³-hybridized carbons (Fsp3) is 0.467. The molecule has 2 rings (SSSR count). The maximum Gasteiger partial charge on any atom is 0.241 e. The molecular formula is C15H19Cl2N3O2. The van der Waals surface area contributed by atoms with E-state index in [0.29, 0.717) is 41.7 Å². The van der Waals surface area contributed by atoms with E-state index >= 15 is 0 Å². The molecular weight excluding hydrogens is 325 g/mol. The molecule has 1 fully saturated rings. The Hall–Kier alpha value is -1.30. The predicted molar refractivity (Wildman–Crippen MR) is 88.0 cm³/mol. The summed E-state index contributed by atoms with van der Waals surface area (Å²) in [4.78, 5) is 25.5. The molecule has 0 saturated carbocycles. The number of nitrogens with two attached hydrogens (primary N) is 1. The second-order valence-corrected chi connectivity index (χ2v) is 6.41. The zero-order valence-corrected chi connectivity index (χ0v) is 13.8. The lowest BCUT2D eigenvalue weighted by atomic mass is 9.95. The molecule has 5 nitrogen and oxygen atoms in total. The van der Waals surface area contributed by atoms with E-state index in [2.05, 4.69) is 5.32 Å². The minimum absolute atomic E-state index is 0.0850. The van der Waals surface area contributed by atoms with E-state index in [1.807, 2.05) is 11.8 Å². The summed E-state index contributed by atoms with van der Waals surface area (Å²) in [6, 6.07) is 4.61. The van der Waals surface area contributed by atoms with Crippen molar-refractivity contribution in [3.8, 4) is 0 Å². The van der Waals surface area contributed by atoms with E-state index in [0.717, 1.165) is 0 Å². The molecule has 1 aromatic rings. The number of hydrogen-bond acceptors (Lipinski definition) is 3. The molecule has 3 N–H and O–H groups in total. The van der Waals surface area contributed by atoms with Gasteiger partial charge in [0.25, 0.3) is 0 Å². The largest absolute Gasteiger partial charge is 0.369 e. The highest BCUT2D eigenvalue weighted by Crippen LogP contribution is 2.23. The van der Waals surface area contributed by atoms with E-state index in [-0.39, 0.29) is 23.8 Å². The average molecular weight is 344 g/mol. The lowest BCUT2D eigenvalue weighted by Gasteiger charge is -2.34. The fourth-order valence-electron chi connectivity index (χ4n) is 2.61. The number of amides is 2. The standard InChI is InChI=1S/C15H19Cl2N3O2/c1-9(20-4-2-10(3-5-20)14(18)21)15(22)19-13-7-11(16)6-12(17)8-13/h6-10H,2-5H2,1H3,(H2,18,21)(H,19,22). The number of hydrogen-bond donors (Lipinski definition) is 2. The molecule has 1 aliphatic heterocycles. The van der Waals surface area contributed by atoms with Crippen LogP contribution in [0.3, 0.4) is 0 Å². The van der Waals surface area contributed by atoms with Crippen LogP contribution >= 0.6 is 23.2 Å². The number of halogens is 2. The zero-order valence-electron chi connectivity index (χ0n) is 12.3. The molecule has 120 valence electrons. The van der Waals surface area contributed by atoms with Gasteiger partial charge in [0.15, 0.2) is 0 Å². The minimum Gasteiger partial charge on any atom is -0.369 e. The van der Waals surface area contributed by atoms with E-state index < -0.39 is 0 Å². The monoisotopic (exact) mass is 343 g/mol. The summed E-state index contributed by atoms with van der Waals surface area (Å²) in [5.41, 5.74) is 5.89. The third-order valence-corrected chi connectivity index (χ3v) is 4.43. The van der Waals surface area contributed by atoms with E-state index in [9.17, 15) is 9.59 Å². The Kier molecular flexibility index (Phi) is 5.67. The number of anilines is 1. The number of nitrogens with zero attached hydrogens (tertiary/aromatic N) is 1. The van der Waals surface area contributed by atoms with Crippen molar-refractivity contribution in [2.45, 2.75) is 25.8 Å². The normalized spacial score (nSPS) is 18.0. The highest BCUT2D eigenvalue weighted by atomic mass is 35.5. The maximum atomic E-state index is 12.3. The number of rotatable bonds is 4. The van der Waals surface area contributed by atoms with Crippen LogP contribution in [0.4, 0.5) is 5.69 Å². The Morgan fingerprint density at radius 2 is 1.77 bits per heavy atom. The molecule has 0 aromatic heterocycles. The molecule has 0 spiro atoms. The number of carbonyl (C=O) groups excluding carboxylic acids is 2. The van der Waals surface area contributed by atoms with Crippen LogP contribution in [0.25, 0.3) is 0 Å². The predicted octanol–water partition coefficient (Wildman–Crippen LogP) is 2.52. The van der Waals surface area contributed by atoms with Crippen molar-refractivity contribution in [2.75, 3.05) is 18.4 Å². The van der Waals surface area contributed by atoms with Crippen molar-refractivity contribution >= 4 is 40.7 Å². The van der Waals surface area contributed by atoms with Gasteiger partial charge >= 0.3 is 0 Å². The molecule has 0 bridgehead atoms. The summed E-state index contributed by atoms with van der Waals surface area (Å²) >= 11 is 11.8. The Bertz CT molecular complexity index is 552. The van der Waals surface area contributed by atoms with Crippen molar-refractivity contribution in [1.29, 1.82) is 0 Å². The Balaban J connectivity index is 1.94. The van der Waals surface area contributed by atoms with Gasteiger partial charge in [-0.2, -0.15) is 0 Å². The van der Waals surface area contributed by atoms with Gasteiger partial charge in [0.1, 0.15) is 0 Å². The second kappa shape index (κ2) is 7.31. The molecule has 1 unspecified atom stereocenters. The Labute approximate surface area is 139 Å². The summed E-state index contributed by atoms with van der Waals surface area (Å²) in [6.07, 6.45) is 1.38. The summed E-state index contributed by atoms with van der Waals surface area (Å²) in [5, 5.41) is 3.75. The van der Waals surface area contributed by atoms with Crippen LogP contribution in [0, 0.1) is 5.92 Å². The van der Waals surface area contributed by atoms with Crippen molar-refractivity contribution in [3.05, 3.63) is 28.2 Å². The SMILES string of the molecule is CC(C(=O)Nc1cc(Cl)cc(Cl)c1)N1CCC(C(N)=O)CC1. The lowest BCUT2D eigenvalue weighted by molar-refractivity contribution is -0.124. The van der Waals surface area contributed by atoms with Gasteiger partial charge in [-0.1, -0.05) is 23.2 Å². The highest BCUT2D eigenvalue weighted by molar-refractivity contribution is 6.35. The van der Waals surface area contributed by atoms with E-state index in [4.69, 9.17) is 28.9 Å². The summed E-state index contributed by atoms with van der Waals surface area (Å²) in [5.74, 6) is -0.473. The van der Waals surface area contributed by atoms with Crippen molar-refractivity contribution in [1.82, 2.24) is 4.90 Å². The van der Waals surface area contributed by atoms with Crippen molar-refractivity contribution < 1.29 is 9.59 Å². The topological polar surface area (TPSA) is 75.4 Å². The van der Waals surface area contributed by atoms with Crippen molar-refractivity contribution in [3.63, 3.8) is 0 Å². The third-order valence-electron chi connectivity index (χ3n) is 3.99. The fourth-order valence-corrected chi connectivity index (χ4v) is 3.14. The molecule has 1 heterocycles. The van der Waals surface area contributed by atoms with Gasteiger partial charge in [-0.05, 0) is 51.1 Å². The molecule has 1 aliphatic rings. The van der Waals surface area contributed by atoms with Crippen molar-refractivity contribution in [2.24, 2.45) is 11.7 Å². The van der Waals surface area contributed by atoms with Gasteiger partial charge in [-0.25, -0.2) is 0 Å². The van der Waals surface area contributed by atoms with Gasteiger partial charge < -0.3 is 11.1 Å². The summed E-state index contributed by atoms with van der Waals surface area (Å²) in [6.45, 7) is 3.20. The highest BCUT2D eigenvalue weighted by Gasteiger charge is 2.28. The number of benzene rings is 1. The van der Waals surface area contributed by atoms with Crippen LogP contribution in [0.1, 0.15) is 19.8 Å². The van der Waals surface area contributed by atoms with Crippen LogP contribution in [0.15, 0.2) is 18.2 Å². The van der Waals surface area contributed by atoms with Crippen LogP contribution in [-0.2, 0) is 9.59 Å². The van der Waals surface area contributed by atoms with Crippen LogP contribution < -0.4 is 11.1 Å². The van der Waals surface area contributed by atoms with Gasteiger partial charge in [0.2, 0.25) is 11.8 Å². The van der Waals surface area contributed by atoms with E-state index in [1.165, 1.54) is 0 Å². The second-order valence-electron chi connectivity index (χ2n) is 5.54. The van der Waals surface area contributed by atoms with Crippen LogP contribution in [0.2, 0.25) is 10.0 Å². The number of carbonyl (C=O) groups is 2. The van der Waals surface area contributed by atoms with Gasteiger partial charge in [-0.15, -0.1) is 0 Å². The zero-order chi connectivity index (χ0) is 16.3. The third kappa shape index (κ3) is 4.35. The first-order chi connectivity index (χ1) is 10.4. The molecule has 0 aliphatic carbocycles. The maximum absolute atomic E-state index is 12.3. The molecule has 2 amide bonds. The number of nitrogens with one attached hydrogen (secondary N) is 1. The molecule has 1 aromatic carbocycles. The number of likely N-dealkylation sites (tertiary alicyclic amines) is 1. The van der Waals surface area contributed by atoms with Crippen LogP contribution in [-0.4, -0.2) is 35.8 Å². The van der Waals surface area contributed by atoms with Gasteiger partial charge in [-0.3, -0.25) is 14.5 Å². The molecule has 1 saturated heterocycles. The molecule has 0 radical (unpaired) electrons. The molecule has 1 atom stereocenters. The smallest absolute Gasteiger partial charge is 0.241 e. The minimum atomic E-state index is -0.299. The average Bonchev–Trinajstić information content (AvgIpc) is 2.45. The Morgan fingerprint density at radius 1 is 1.23 bits per heavy atom. The first kappa shape index (κ1) is 17.1. The molecule has 7 heteroatoms. The first-order valence-corrected chi connectivity index (χ1v) is 7.92. The van der Waals surface area contributed by atoms with Gasteiger partial charge in [0, 0.05) is 21.7 Å². The van der Waals surface area contributed by atoms with Crippen LogP contribution in [0.5, 0.6) is 0 Å². The summed E-state index contributed by atoms with van der Waals surface area (Å²) < 4.78 is 0. The quantitative estimate of drug-likeness (QED) is 0.881. The van der Waals surface area contributed by atoms with Gasteiger partial charge in [0.05, 0.1) is 6.04 Å². The first-order valence-electron chi connectivity index (χ1n) is 7.17. The summed E-state index contributed by atoms with van der Waals surface area (Å²) in [7, 11) is 0. The molecule has 22 heavy (non-hydrogen) atoms. The lowest BCUT2D eigenvalue weighted by Crippen LogP contribution is -2.47. The Morgan fingerprint density at radius 3 is 2.27 bits per heavy atom. The number of piperidine rings is 1. The van der Waals surface area contributed by atoms with E-state index in [1.54, 1.807) is 18.2 Å².